The van der Waals surface area contributed by atoms with Crippen molar-refractivity contribution >= 4 is 5.78 Å². The van der Waals surface area contributed by atoms with Gasteiger partial charge in [0.25, 0.3) is 0 Å². The maximum atomic E-state index is 12.1. The third kappa shape index (κ3) is 3.28. The monoisotopic (exact) mass is 280 g/mol. The number of hydrogen-bond donors (Lipinski definition) is 2. The second kappa shape index (κ2) is 6.22. The average Bonchev–Trinajstić information content (AvgIpc) is 2.38. The molecule has 1 aliphatic rings. The number of Topliss-reactive ketones (excluding diaryl/α,β-unsaturated/α-hetero) is 1. The van der Waals surface area contributed by atoms with Crippen LogP contribution in [0.1, 0.15) is 54.6 Å². The fraction of sp³-hybridized carbons (Fsp3) is 0.600. The van der Waals surface area contributed by atoms with Crippen LogP contribution in [0.2, 0.25) is 0 Å². The Morgan fingerprint density at radius 3 is 2.65 bits per heavy atom. The van der Waals surface area contributed by atoms with Gasteiger partial charge in [0.1, 0.15) is 17.1 Å². The molecule has 1 aliphatic carbocycles. The maximum absolute atomic E-state index is 12.1. The fourth-order valence-electron chi connectivity index (χ4n) is 2.83. The van der Waals surface area contributed by atoms with Gasteiger partial charge in [-0.2, -0.15) is 0 Å². The molecule has 0 amide bonds. The molecule has 20 heavy (non-hydrogen) atoms. The van der Waals surface area contributed by atoms with Crippen LogP contribution < -0.4 is 5.63 Å². The van der Waals surface area contributed by atoms with Crippen molar-refractivity contribution in [1.29, 1.82) is 0 Å². The van der Waals surface area contributed by atoms with Crippen molar-refractivity contribution in [3.05, 3.63) is 27.8 Å². The van der Waals surface area contributed by atoms with Crippen LogP contribution in [0.25, 0.3) is 0 Å². The van der Waals surface area contributed by atoms with Gasteiger partial charge in [0, 0.05) is 12.5 Å². The molecule has 5 nitrogen and oxygen atoms in total. The molecule has 110 valence electrons. The summed E-state index contributed by atoms with van der Waals surface area (Å²) in [5.41, 5.74) is -1.20. The van der Waals surface area contributed by atoms with Crippen molar-refractivity contribution in [1.82, 2.24) is 0 Å². The summed E-state index contributed by atoms with van der Waals surface area (Å²) in [6, 6.07) is 1.24. The van der Waals surface area contributed by atoms with Gasteiger partial charge < -0.3 is 14.6 Å². The van der Waals surface area contributed by atoms with Crippen LogP contribution >= 0.6 is 0 Å². The topological polar surface area (TPSA) is 87.7 Å². The van der Waals surface area contributed by atoms with Crippen LogP contribution in [0.3, 0.4) is 0 Å². The van der Waals surface area contributed by atoms with Gasteiger partial charge in [0.15, 0.2) is 5.78 Å². The lowest BCUT2D eigenvalue weighted by Gasteiger charge is -2.26. The molecule has 1 aromatic heterocycles. The Morgan fingerprint density at radius 2 is 2.05 bits per heavy atom. The normalized spacial score (nSPS) is 17.9. The van der Waals surface area contributed by atoms with E-state index in [2.05, 4.69) is 0 Å². The summed E-state index contributed by atoms with van der Waals surface area (Å²) in [6.07, 6.45) is 4.20. The van der Waals surface area contributed by atoms with Crippen molar-refractivity contribution < 1.29 is 19.4 Å². The Bertz CT molecular complexity index is 540. The van der Waals surface area contributed by atoms with E-state index < -0.39 is 17.5 Å². The molecule has 1 atom stereocenters. The largest absolute Gasteiger partial charge is 0.507 e. The summed E-state index contributed by atoms with van der Waals surface area (Å²) in [7, 11) is 0. The zero-order valence-electron chi connectivity index (χ0n) is 11.6. The van der Waals surface area contributed by atoms with E-state index in [-0.39, 0.29) is 29.4 Å². The molecule has 1 aromatic rings. The van der Waals surface area contributed by atoms with Crippen LogP contribution in [0.4, 0.5) is 0 Å². The summed E-state index contributed by atoms with van der Waals surface area (Å²) in [5, 5.41) is 19.8. The predicted molar refractivity (Wildman–Crippen MR) is 72.9 cm³/mol. The Labute approximate surface area is 117 Å². The first kappa shape index (κ1) is 14.8. The number of aromatic hydroxyl groups is 1. The standard InChI is InChI=1S/C15H20O5/c1-9-7-12(17)14(15(19)20-9)13(18)8-11(16)10-5-3-2-4-6-10/h7,10-11,16-17H,2-6,8H2,1H3. The molecule has 0 aliphatic heterocycles. The van der Waals surface area contributed by atoms with Crippen LogP contribution in [0.15, 0.2) is 15.3 Å². The van der Waals surface area contributed by atoms with E-state index >= 15 is 0 Å². The first-order chi connectivity index (χ1) is 9.49. The highest BCUT2D eigenvalue weighted by Crippen LogP contribution is 2.28. The SMILES string of the molecule is Cc1cc(O)c(C(=O)CC(O)C2CCCCC2)c(=O)o1. The molecule has 0 saturated heterocycles. The van der Waals surface area contributed by atoms with E-state index in [0.29, 0.717) is 0 Å². The van der Waals surface area contributed by atoms with Gasteiger partial charge >= 0.3 is 5.63 Å². The molecule has 2 N–H and O–H groups in total. The van der Waals surface area contributed by atoms with Crippen LogP contribution in [-0.4, -0.2) is 22.1 Å². The lowest BCUT2D eigenvalue weighted by molar-refractivity contribution is 0.0634. The zero-order chi connectivity index (χ0) is 14.7. The van der Waals surface area contributed by atoms with Gasteiger partial charge in [-0.1, -0.05) is 19.3 Å². The van der Waals surface area contributed by atoms with E-state index in [1.807, 2.05) is 0 Å². The zero-order valence-corrected chi connectivity index (χ0v) is 11.6. The second-order valence-electron chi connectivity index (χ2n) is 5.50. The number of aliphatic hydroxyl groups is 1. The van der Waals surface area contributed by atoms with Crippen LogP contribution in [-0.2, 0) is 0 Å². The Hall–Kier alpha value is -1.62. The van der Waals surface area contributed by atoms with Crippen molar-refractivity contribution in [2.45, 2.75) is 51.6 Å². The molecule has 2 rings (SSSR count). The number of aryl methyl sites for hydroxylation is 1. The molecular formula is C15H20O5. The highest BCUT2D eigenvalue weighted by Gasteiger charge is 2.27. The summed E-state index contributed by atoms with van der Waals surface area (Å²) < 4.78 is 4.82. The Morgan fingerprint density at radius 1 is 1.40 bits per heavy atom. The average molecular weight is 280 g/mol. The Balaban J connectivity index is 2.10. The second-order valence-corrected chi connectivity index (χ2v) is 5.50. The third-order valence-electron chi connectivity index (χ3n) is 3.92. The molecule has 1 fully saturated rings. The summed E-state index contributed by atoms with van der Waals surface area (Å²) >= 11 is 0. The molecule has 1 heterocycles. The number of carbonyl (C=O) groups excluding carboxylic acids is 1. The Kier molecular flexibility index (Phi) is 4.60. The minimum atomic E-state index is -0.844. The summed E-state index contributed by atoms with van der Waals surface area (Å²) in [6.45, 7) is 1.52. The van der Waals surface area contributed by atoms with Gasteiger partial charge in [0.2, 0.25) is 0 Å². The van der Waals surface area contributed by atoms with Gasteiger partial charge in [-0.15, -0.1) is 0 Å². The molecule has 1 unspecified atom stereocenters. The number of hydrogen-bond acceptors (Lipinski definition) is 5. The molecule has 0 radical (unpaired) electrons. The maximum Gasteiger partial charge on any atom is 0.350 e. The van der Waals surface area contributed by atoms with E-state index in [9.17, 15) is 19.8 Å². The molecule has 5 heteroatoms. The van der Waals surface area contributed by atoms with Gasteiger partial charge in [0.05, 0.1) is 6.10 Å². The lowest BCUT2D eigenvalue weighted by Crippen LogP contribution is -2.27. The molecular weight excluding hydrogens is 260 g/mol. The van der Waals surface area contributed by atoms with Crippen molar-refractivity contribution in [2.75, 3.05) is 0 Å². The minimum absolute atomic E-state index is 0.104. The fourth-order valence-corrected chi connectivity index (χ4v) is 2.83. The van der Waals surface area contributed by atoms with Crippen molar-refractivity contribution in [3.63, 3.8) is 0 Å². The number of aliphatic hydroxyl groups excluding tert-OH is 1. The highest BCUT2D eigenvalue weighted by molar-refractivity contribution is 5.98. The van der Waals surface area contributed by atoms with Crippen LogP contribution in [0.5, 0.6) is 5.75 Å². The first-order valence-corrected chi connectivity index (χ1v) is 7.04. The van der Waals surface area contributed by atoms with Crippen molar-refractivity contribution in [3.8, 4) is 5.75 Å². The highest BCUT2D eigenvalue weighted by atomic mass is 16.4. The molecule has 0 bridgehead atoms. The van der Waals surface area contributed by atoms with Gasteiger partial charge in [-0.3, -0.25) is 4.79 Å². The summed E-state index contributed by atoms with van der Waals surface area (Å²) in [5.74, 6) is -0.585. The predicted octanol–water partition coefficient (Wildman–Crippen LogP) is 2.17. The molecule has 1 saturated carbocycles. The van der Waals surface area contributed by atoms with Crippen LogP contribution in [0, 0.1) is 12.8 Å². The van der Waals surface area contributed by atoms with Gasteiger partial charge in [-0.25, -0.2) is 4.79 Å². The minimum Gasteiger partial charge on any atom is -0.507 e. The van der Waals surface area contributed by atoms with E-state index in [1.165, 1.54) is 19.4 Å². The van der Waals surface area contributed by atoms with E-state index in [4.69, 9.17) is 4.42 Å². The van der Waals surface area contributed by atoms with Crippen molar-refractivity contribution in [2.24, 2.45) is 5.92 Å². The van der Waals surface area contributed by atoms with E-state index in [0.717, 1.165) is 25.7 Å². The lowest BCUT2D eigenvalue weighted by atomic mass is 9.83. The smallest absolute Gasteiger partial charge is 0.350 e. The number of ketones is 1. The molecule has 0 spiro atoms. The van der Waals surface area contributed by atoms with Gasteiger partial charge in [-0.05, 0) is 25.7 Å². The van der Waals surface area contributed by atoms with E-state index in [1.54, 1.807) is 0 Å². The summed E-state index contributed by atoms with van der Waals surface area (Å²) in [4.78, 5) is 23.7. The quantitative estimate of drug-likeness (QED) is 0.825. The third-order valence-corrected chi connectivity index (χ3v) is 3.92. The molecule has 0 aromatic carbocycles. The first-order valence-electron chi connectivity index (χ1n) is 7.04. The number of rotatable bonds is 4. The number of carbonyl (C=O) groups is 1.